The van der Waals surface area contributed by atoms with Gasteiger partial charge in [-0.05, 0) is 24.3 Å². The Bertz CT molecular complexity index is 1150. The number of amides is 1. The highest BCUT2D eigenvalue weighted by atomic mass is 16.5. The summed E-state index contributed by atoms with van der Waals surface area (Å²) < 4.78 is 11.5. The molecule has 4 aromatic rings. The van der Waals surface area contributed by atoms with E-state index in [2.05, 4.69) is 15.5 Å². The molecule has 2 N–H and O–H groups in total. The molecule has 0 aliphatic carbocycles. The van der Waals surface area contributed by atoms with Crippen molar-refractivity contribution >= 4 is 29.4 Å². The van der Waals surface area contributed by atoms with Crippen LogP contribution in [0.1, 0.15) is 0 Å². The Morgan fingerprint density at radius 1 is 1.21 bits per heavy atom. The van der Waals surface area contributed by atoms with Gasteiger partial charge in [0, 0.05) is 6.20 Å². The van der Waals surface area contributed by atoms with Crippen LogP contribution in [0.25, 0.3) is 22.4 Å². The van der Waals surface area contributed by atoms with Gasteiger partial charge in [-0.2, -0.15) is 0 Å². The van der Waals surface area contributed by atoms with Gasteiger partial charge in [-0.1, -0.05) is 23.4 Å². The lowest BCUT2D eigenvalue weighted by Crippen LogP contribution is -2.24. The highest BCUT2D eigenvalue weighted by molar-refractivity contribution is 5.93. The molecule has 0 unspecified atom stereocenters. The number of nitrogens with one attached hydrogen (secondary N) is 1. The van der Waals surface area contributed by atoms with E-state index in [0.717, 1.165) is 0 Å². The second-order valence-corrected chi connectivity index (χ2v) is 5.36. The number of benzene rings is 1. The summed E-state index contributed by atoms with van der Waals surface area (Å²) in [6.07, 6.45) is 3.10. The van der Waals surface area contributed by atoms with Gasteiger partial charge in [-0.15, -0.1) is 0 Å². The normalized spacial score (nSPS) is 10.1. The first-order chi connectivity index (χ1) is 13.6. The zero-order valence-corrected chi connectivity index (χ0v) is 14.3. The molecule has 28 heavy (non-hydrogen) atoms. The topological polar surface area (TPSA) is 140 Å². The van der Waals surface area contributed by atoms with Crippen molar-refractivity contribution in [3.05, 3.63) is 65.4 Å². The zero-order valence-electron chi connectivity index (χ0n) is 14.3. The third-order valence-corrected chi connectivity index (χ3v) is 3.64. The molecule has 0 bridgehead atoms. The summed E-state index contributed by atoms with van der Waals surface area (Å²) in [4.78, 5) is 36.8. The molecular formula is C18H14N4O6. The maximum atomic E-state index is 12.3. The summed E-state index contributed by atoms with van der Waals surface area (Å²) in [5.74, 6) is -0.869. The molecule has 3 heterocycles. The van der Waals surface area contributed by atoms with Crippen molar-refractivity contribution in [3.63, 3.8) is 0 Å². The number of nitrogens with zero attached hydrogens (tertiary/aromatic N) is 3. The van der Waals surface area contributed by atoms with Crippen molar-refractivity contribution < 1.29 is 23.6 Å². The summed E-state index contributed by atoms with van der Waals surface area (Å²) >= 11 is 0. The lowest BCUT2D eigenvalue weighted by molar-refractivity contribution is -0.123. The van der Waals surface area contributed by atoms with Gasteiger partial charge in [0.25, 0.3) is 6.47 Å². The number of pyridine rings is 1. The molecule has 0 atom stereocenters. The maximum absolute atomic E-state index is 12.3. The SMILES string of the molecule is O=C(Cn1c(=O)oc2ccccc21)Nc1oncc1-c1ccccn1.O=CO. The summed E-state index contributed by atoms with van der Waals surface area (Å²) in [6, 6.07) is 12.3. The zero-order chi connectivity index (χ0) is 19.9. The lowest BCUT2D eigenvalue weighted by Gasteiger charge is -2.04. The predicted molar refractivity (Wildman–Crippen MR) is 97.5 cm³/mol. The fourth-order valence-corrected chi connectivity index (χ4v) is 2.51. The number of carboxylic acid groups (broad SMARTS) is 1. The summed E-state index contributed by atoms with van der Waals surface area (Å²) in [5, 5.41) is 13.2. The van der Waals surface area contributed by atoms with E-state index < -0.39 is 11.7 Å². The Kier molecular flexibility index (Phi) is 5.60. The van der Waals surface area contributed by atoms with Crippen LogP contribution in [0.5, 0.6) is 0 Å². The van der Waals surface area contributed by atoms with Crippen LogP contribution in [-0.4, -0.2) is 32.2 Å². The van der Waals surface area contributed by atoms with E-state index in [0.29, 0.717) is 22.4 Å². The molecule has 1 amide bonds. The van der Waals surface area contributed by atoms with E-state index in [1.54, 1.807) is 42.6 Å². The van der Waals surface area contributed by atoms with Crippen molar-refractivity contribution in [2.24, 2.45) is 0 Å². The lowest BCUT2D eigenvalue weighted by atomic mass is 10.2. The average molecular weight is 382 g/mol. The minimum Gasteiger partial charge on any atom is -0.483 e. The number of carbonyl (C=O) groups is 2. The molecule has 1 aromatic carbocycles. The van der Waals surface area contributed by atoms with E-state index in [1.807, 2.05) is 6.07 Å². The molecule has 0 aliphatic rings. The highest BCUT2D eigenvalue weighted by Crippen LogP contribution is 2.25. The van der Waals surface area contributed by atoms with Crippen LogP contribution in [0.4, 0.5) is 5.88 Å². The Hall–Kier alpha value is -4.21. The van der Waals surface area contributed by atoms with E-state index in [1.165, 1.54) is 10.8 Å². The van der Waals surface area contributed by atoms with E-state index in [9.17, 15) is 9.59 Å². The van der Waals surface area contributed by atoms with Gasteiger partial charge in [0.1, 0.15) is 6.54 Å². The largest absolute Gasteiger partial charge is 0.483 e. The Balaban J connectivity index is 0.000000706. The molecule has 0 radical (unpaired) electrons. The number of fused-ring (bicyclic) bond motifs is 1. The van der Waals surface area contributed by atoms with Gasteiger partial charge in [0.05, 0.1) is 23.0 Å². The molecule has 0 aliphatic heterocycles. The van der Waals surface area contributed by atoms with Gasteiger partial charge in [0.15, 0.2) is 5.58 Å². The van der Waals surface area contributed by atoms with Crippen molar-refractivity contribution in [1.82, 2.24) is 14.7 Å². The molecule has 10 heteroatoms. The number of anilines is 1. The van der Waals surface area contributed by atoms with Crippen molar-refractivity contribution in [1.29, 1.82) is 0 Å². The molecule has 0 saturated carbocycles. The number of carbonyl (C=O) groups excluding carboxylic acids is 1. The van der Waals surface area contributed by atoms with Gasteiger partial charge in [0.2, 0.25) is 11.8 Å². The summed E-state index contributed by atoms with van der Waals surface area (Å²) in [7, 11) is 0. The fourth-order valence-electron chi connectivity index (χ4n) is 2.51. The number of rotatable bonds is 4. The van der Waals surface area contributed by atoms with Gasteiger partial charge in [-0.3, -0.25) is 24.5 Å². The number of oxazole rings is 1. The number of para-hydroxylation sites is 2. The van der Waals surface area contributed by atoms with Crippen LogP contribution in [0.3, 0.4) is 0 Å². The third-order valence-electron chi connectivity index (χ3n) is 3.64. The Morgan fingerprint density at radius 3 is 2.71 bits per heavy atom. The maximum Gasteiger partial charge on any atom is 0.420 e. The number of aromatic nitrogens is 3. The van der Waals surface area contributed by atoms with Crippen molar-refractivity contribution in [2.75, 3.05) is 5.32 Å². The van der Waals surface area contributed by atoms with Crippen molar-refractivity contribution in [3.8, 4) is 11.3 Å². The second-order valence-electron chi connectivity index (χ2n) is 5.36. The monoisotopic (exact) mass is 382 g/mol. The molecule has 3 aromatic heterocycles. The first-order valence-electron chi connectivity index (χ1n) is 7.96. The van der Waals surface area contributed by atoms with Crippen LogP contribution >= 0.6 is 0 Å². The summed E-state index contributed by atoms with van der Waals surface area (Å²) in [6.45, 7) is -0.460. The average Bonchev–Trinajstić information content (AvgIpc) is 3.28. The molecule has 10 nitrogen and oxygen atoms in total. The number of hydrogen-bond donors (Lipinski definition) is 2. The first-order valence-corrected chi connectivity index (χ1v) is 7.96. The smallest absolute Gasteiger partial charge is 0.420 e. The molecule has 0 spiro atoms. The van der Waals surface area contributed by atoms with Crippen LogP contribution in [0, 0.1) is 0 Å². The first kappa shape index (κ1) is 18.6. The van der Waals surface area contributed by atoms with Crippen LogP contribution < -0.4 is 11.1 Å². The van der Waals surface area contributed by atoms with Gasteiger partial charge in [-0.25, -0.2) is 4.79 Å². The molecule has 0 fully saturated rings. The Labute approximate surface area is 157 Å². The second kappa shape index (κ2) is 8.45. The molecule has 142 valence electrons. The quantitative estimate of drug-likeness (QED) is 0.511. The van der Waals surface area contributed by atoms with Gasteiger partial charge < -0.3 is 14.0 Å². The van der Waals surface area contributed by atoms with Gasteiger partial charge >= 0.3 is 5.76 Å². The predicted octanol–water partition coefficient (Wildman–Crippen LogP) is 1.98. The summed E-state index contributed by atoms with van der Waals surface area (Å²) in [5.41, 5.74) is 2.14. The van der Waals surface area contributed by atoms with E-state index in [-0.39, 0.29) is 18.9 Å². The standard InChI is InChI=1S/C17H12N4O4.CH2O2/c22-15(10-21-13-6-1-2-7-14(13)24-17(21)23)20-16-11(9-19-25-16)12-5-3-4-8-18-12;2-1-3/h1-9H,10H2,(H,20,22);1H,(H,2,3). The molecular weight excluding hydrogens is 368 g/mol. The third kappa shape index (κ3) is 3.96. The Morgan fingerprint density at radius 2 is 1.96 bits per heavy atom. The molecule has 4 rings (SSSR count). The molecule has 0 saturated heterocycles. The minimum absolute atomic E-state index is 0.171. The van der Waals surface area contributed by atoms with Crippen molar-refractivity contribution in [2.45, 2.75) is 6.54 Å². The highest BCUT2D eigenvalue weighted by Gasteiger charge is 2.17. The van der Waals surface area contributed by atoms with E-state index >= 15 is 0 Å². The fraction of sp³-hybridized carbons (Fsp3) is 0.0556. The van der Waals surface area contributed by atoms with Crippen LogP contribution in [-0.2, 0) is 16.1 Å². The number of hydrogen-bond acceptors (Lipinski definition) is 7. The van der Waals surface area contributed by atoms with E-state index in [4.69, 9.17) is 18.8 Å². The minimum atomic E-state index is -0.598. The van der Waals surface area contributed by atoms with Crippen LogP contribution in [0.15, 0.2) is 68.6 Å². The van der Waals surface area contributed by atoms with Crippen LogP contribution in [0.2, 0.25) is 0 Å².